The molecule has 1 aliphatic heterocycles. The van der Waals surface area contributed by atoms with Crippen LogP contribution in [0.2, 0.25) is 0 Å². The van der Waals surface area contributed by atoms with E-state index in [-0.39, 0.29) is 46.8 Å². The summed E-state index contributed by atoms with van der Waals surface area (Å²) >= 11 is 0. The van der Waals surface area contributed by atoms with Crippen molar-refractivity contribution in [1.82, 2.24) is 4.90 Å². The van der Waals surface area contributed by atoms with Gasteiger partial charge in [0.2, 0.25) is 5.78 Å². The number of methoxy groups -OCH3 is 1. The number of halogens is 1. The zero-order valence-corrected chi connectivity index (χ0v) is 26.7. The largest absolute Gasteiger partial charge is 0.507 e. The third-order valence-electron chi connectivity index (χ3n) is 8.96. The van der Waals surface area contributed by atoms with Gasteiger partial charge in [0.15, 0.2) is 17.9 Å². The highest BCUT2D eigenvalue weighted by molar-refractivity contribution is 6.31. The molecule has 6 atom stereocenters. The number of benzene rings is 2. The standard InChI is InChI=1S/C32H38N2O11.ClH/c1-5-34(6-2)14-33-18-10-22(44-15(3)27(18)37)45-20-12-32(42,21(36)13-35)11-17-24(20)31(41)26-25(29(17)39)28(38)16-8-7-9-19(43-4)23(16)30(26)40;/h7-9,14-15,18,20,22,27,35,37,39,41-42H,5-6,10-13H2,1-4H3;1H/t15?,18-,20-,22?,27+,32?;/m0./s1. The van der Waals surface area contributed by atoms with Gasteiger partial charge in [-0.1, -0.05) is 12.1 Å². The molecule has 0 bridgehead atoms. The van der Waals surface area contributed by atoms with Crippen LogP contribution in [0.5, 0.6) is 17.2 Å². The Balaban J connectivity index is 0.00000480. The van der Waals surface area contributed by atoms with Gasteiger partial charge < -0.3 is 44.6 Å². The molecule has 1 fully saturated rings. The van der Waals surface area contributed by atoms with E-state index in [2.05, 4.69) is 4.99 Å². The number of ether oxygens (including phenoxy) is 3. The highest BCUT2D eigenvalue weighted by Crippen LogP contribution is 2.52. The fraction of sp³-hybridized carbons (Fsp3) is 0.500. The summed E-state index contributed by atoms with van der Waals surface area (Å²) in [5.41, 5.74) is -3.62. The van der Waals surface area contributed by atoms with Crippen LogP contribution in [0.25, 0.3) is 0 Å². The molecule has 3 unspecified atom stereocenters. The fourth-order valence-electron chi connectivity index (χ4n) is 6.41. The second-order valence-electron chi connectivity index (χ2n) is 11.5. The molecule has 250 valence electrons. The molecule has 5 rings (SSSR count). The van der Waals surface area contributed by atoms with Crippen molar-refractivity contribution in [3.8, 4) is 17.2 Å². The minimum atomic E-state index is -2.26. The highest BCUT2D eigenvalue weighted by Gasteiger charge is 2.50. The van der Waals surface area contributed by atoms with Crippen LogP contribution in [0.3, 0.4) is 0 Å². The lowest BCUT2D eigenvalue weighted by atomic mass is 9.72. The van der Waals surface area contributed by atoms with Crippen LogP contribution in [0.1, 0.15) is 82.7 Å². The maximum absolute atomic E-state index is 13.8. The number of phenols is 2. The number of hydrogen-bond acceptors (Lipinski definition) is 12. The monoisotopic (exact) mass is 662 g/mol. The molecule has 1 saturated heterocycles. The first-order chi connectivity index (χ1) is 21.4. The topological polar surface area (TPSA) is 196 Å². The van der Waals surface area contributed by atoms with Gasteiger partial charge in [0, 0.05) is 49.0 Å². The first-order valence-electron chi connectivity index (χ1n) is 14.9. The van der Waals surface area contributed by atoms with Gasteiger partial charge in [0.05, 0.1) is 48.4 Å². The van der Waals surface area contributed by atoms with Crippen molar-refractivity contribution < 1.29 is 54.1 Å². The lowest BCUT2D eigenvalue weighted by Gasteiger charge is -2.42. The van der Waals surface area contributed by atoms with Crippen molar-refractivity contribution in [3.63, 3.8) is 0 Å². The molecule has 2 aliphatic carbocycles. The second kappa shape index (κ2) is 13.6. The molecule has 13 nitrogen and oxygen atoms in total. The van der Waals surface area contributed by atoms with Crippen molar-refractivity contribution in [2.45, 2.75) is 76.3 Å². The van der Waals surface area contributed by atoms with E-state index in [4.69, 9.17) is 14.2 Å². The maximum Gasteiger partial charge on any atom is 0.202 e. The van der Waals surface area contributed by atoms with E-state index in [9.17, 15) is 39.9 Å². The number of aliphatic hydroxyl groups is 3. The molecule has 0 radical (unpaired) electrons. The van der Waals surface area contributed by atoms with Gasteiger partial charge in [0.1, 0.15) is 35.6 Å². The summed E-state index contributed by atoms with van der Waals surface area (Å²) in [6.45, 7) is 5.95. The van der Waals surface area contributed by atoms with Crippen LogP contribution >= 0.6 is 12.4 Å². The molecule has 0 aromatic heterocycles. The molecule has 5 N–H and O–H groups in total. The number of ketones is 3. The maximum atomic E-state index is 13.8. The molecule has 14 heteroatoms. The minimum absolute atomic E-state index is 0. The molecule has 0 spiro atoms. The Morgan fingerprint density at radius 2 is 1.80 bits per heavy atom. The lowest BCUT2D eigenvalue weighted by molar-refractivity contribution is -0.247. The Labute approximate surface area is 271 Å². The first-order valence-corrected chi connectivity index (χ1v) is 14.9. The van der Waals surface area contributed by atoms with Crippen LogP contribution in [0.15, 0.2) is 23.2 Å². The number of aliphatic hydroxyl groups excluding tert-OH is 2. The summed E-state index contributed by atoms with van der Waals surface area (Å²) in [6.07, 6.45) is -3.47. The minimum Gasteiger partial charge on any atom is -0.507 e. The number of carbonyl (C=O) groups is 3. The van der Waals surface area contributed by atoms with E-state index < -0.39 is 95.7 Å². The smallest absolute Gasteiger partial charge is 0.202 e. The van der Waals surface area contributed by atoms with E-state index in [0.29, 0.717) is 13.1 Å². The van der Waals surface area contributed by atoms with E-state index in [1.165, 1.54) is 25.3 Å². The van der Waals surface area contributed by atoms with Gasteiger partial charge in [-0.25, -0.2) is 0 Å². The summed E-state index contributed by atoms with van der Waals surface area (Å²) < 4.78 is 17.5. The Kier molecular flexibility index (Phi) is 10.5. The van der Waals surface area contributed by atoms with Crippen molar-refractivity contribution in [3.05, 3.63) is 51.6 Å². The van der Waals surface area contributed by atoms with Gasteiger partial charge in [-0.05, 0) is 26.8 Å². The molecule has 2 aromatic carbocycles. The fourth-order valence-corrected chi connectivity index (χ4v) is 6.41. The van der Waals surface area contributed by atoms with Gasteiger partial charge in [-0.3, -0.25) is 19.4 Å². The predicted molar refractivity (Wildman–Crippen MR) is 166 cm³/mol. The number of carbonyl (C=O) groups excluding carboxylic acids is 3. The van der Waals surface area contributed by atoms with Crippen LogP contribution in [-0.2, 0) is 20.7 Å². The number of aromatic hydroxyl groups is 2. The molecule has 0 saturated carbocycles. The Morgan fingerprint density at radius 3 is 2.43 bits per heavy atom. The summed E-state index contributed by atoms with van der Waals surface area (Å²) in [6, 6.07) is 3.75. The SMILES string of the molecule is CCN(C=N[C@H]1CC(O[C@H]2CC(O)(C(=O)CO)Cc3c(O)c4c(c(O)c32)C(=O)c2c(OC)cccc2C4=O)OC(C)[C@H]1O)CC.Cl. The zero-order valence-electron chi connectivity index (χ0n) is 25.9. The van der Waals surface area contributed by atoms with Gasteiger partial charge in [-0.2, -0.15) is 0 Å². The van der Waals surface area contributed by atoms with E-state index in [0.717, 1.165) is 0 Å². The van der Waals surface area contributed by atoms with E-state index in [1.807, 2.05) is 18.7 Å². The molecule has 2 aromatic rings. The first kappa shape index (κ1) is 35.3. The molecular weight excluding hydrogens is 624 g/mol. The predicted octanol–water partition coefficient (Wildman–Crippen LogP) is 1.83. The number of nitrogens with zero attached hydrogens (tertiary/aromatic N) is 2. The molecular formula is C32H39ClN2O11. The number of hydrogen-bond donors (Lipinski definition) is 5. The Bertz CT molecular complexity index is 1560. The summed E-state index contributed by atoms with van der Waals surface area (Å²) in [4.78, 5) is 46.7. The second-order valence-corrected chi connectivity index (χ2v) is 11.5. The van der Waals surface area contributed by atoms with Crippen LogP contribution < -0.4 is 4.74 Å². The van der Waals surface area contributed by atoms with E-state index >= 15 is 0 Å². The summed E-state index contributed by atoms with van der Waals surface area (Å²) in [5.74, 6) is -3.75. The van der Waals surface area contributed by atoms with Crippen LogP contribution in [0, 0.1) is 0 Å². The lowest BCUT2D eigenvalue weighted by Crippen LogP contribution is -2.50. The van der Waals surface area contributed by atoms with Crippen molar-refractivity contribution >= 4 is 36.1 Å². The Morgan fingerprint density at radius 1 is 1.13 bits per heavy atom. The quantitative estimate of drug-likeness (QED) is 0.127. The average molecular weight is 663 g/mol. The van der Waals surface area contributed by atoms with Crippen LogP contribution in [-0.4, -0.2) is 111 Å². The van der Waals surface area contributed by atoms with Crippen molar-refractivity contribution in [2.75, 3.05) is 26.8 Å². The third kappa shape index (κ3) is 5.87. The van der Waals surface area contributed by atoms with Crippen molar-refractivity contribution in [2.24, 2.45) is 4.99 Å². The third-order valence-corrected chi connectivity index (χ3v) is 8.96. The number of phenolic OH excluding ortho intramolecular Hbond substituents is 2. The number of aliphatic imine (C=N–C) groups is 1. The number of rotatable bonds is 9. The van der Waals surface area contributed by atoms with Crippen LogP contribution in [0.4, 0.5) is 0 Å². The Hall–Kier alpha value is -3.59. The zero-order chi connectivity index (χ0) is 32.8. The number of fused-ring (bicyclic) bond motifs is 3. The van der Waals surface area contributed by atoms with Gasteiger partial charge in [-0.15, -0.1) is 12.4 Å². The van der Waals surface area contributed by atoms with Gasteiger partial charge >= 0.3 is 0 Å². The molecule has 0 amide bonds. The average Bonchev–Trinajstić information content (AvgIpc) is 3.02. The molecule has 46 heavy (non-hydrogen) atoms. The molecule has 1 heterocycles. The summed E-state index contributed by atoms with van der Waals surface area (Å²) in [5, 5.41) is 55.0. The summed E-state index contributed by atoms with van der Waals surface area (Å²) in [7, 11) is 1.33. The normalized spacial score (nSPS) is 27.0. The molecule has 3 aliphatic rings. The van der Waals surface area contributed by atoms with Gasteiger partial charge in [0.25, 0.3) is 0 Å². The van der Waals surface area contributed by atoms with Crippen molar-refractivity contribution in [1.29, 1.82) is 0 Å². The highest BCUT2D eigenvalue weighted by atomic mass is 35.5. The van der Waals surface area contributed by atoms with E-state index in [1.54, 1.807) is 13.3 Å². The number of Topliss-reactive ketones (excluding diaryl/α,β-unsaturated/α-hetero) is 1.